The van der Waals surface area contributed by atoms with Crippen LogP contribution in [0, 0.1) is 11.8 Å². The number of hydrogen-bond donors (Lipinski definition) is 0. The Labute approximate surface area is 110 Å². The first-order chi connectivity index (χ1) is 8.67. The van der Waals surface area contributed by atoms with Crippen LogP contribution in [0.2, 0.25) is 0 Å². The number of carbonyl (C=O) groups excluding carboxylic acids is 1. The highest BCUT2D eigenvalue weighted by Gasteiger charge is 2.22. The third-order valence-corrected chi connectivity index (χ3v) is 3.58. The lowest BCUT2D eigenvalue weighted by molar-refractivity contribution is -0.140. The van der Waals surface area contributed by atoms with Gasteiger partial charge in [-0.3, -0.25) is 0 Å². The van der Waals surface area contributed by atoms with Crippen molar-refractivity contribution in [2.75, 3.05) is 13.2 Å². The van der Waals surface area contributed by atoms with E-state index < -0.39 is 0 Å². The molecule has 0 heterocycles. The van der Waals surface area contributed by atoms with Crippen molar-refractivity contribution in [2.24, 2.45) is 11.8 Å². The third-order valence-electron chi connectivity index (χ3n) is 3.58. The molecule has 0 aromatic heterocycles. The van der Waals surface area contributed by atoms with Crippen LogP contribution < -0.4 is 0 Å². The maximum Gasteiger partial charge on any atom is 0.333 e. The zero-order chi connectivity index (χ0) is 13.4. The molecule has 0 aromatic rings. The Morgan fingerprint density at radius 3 is 2.28 bits per heavy atom. The van der Waals surface area contributed by atoms with Gasteiger partial charge in [0.15, 0.2) is 0 Å². The van der Waals surface area contributed by atoms with E-state index in [4.69, 9.17) is 9.47 Å². The van der Waals surface area contributed by atoms with Crippen LogP contribution in [-0.2, 0) is 14.3 Å². The fraction of sp³-hybridized carbons (Fsp3) is 0.667. The molecule has 0 aromatic carbocycles. The molecule has 0 saturated heterocycles. The van der Waals surface area contributed by atoms with Gasteiger partial charge in [-0.2, -0.15) is 0 Å². The van der Waals surface area contributed by atoms with Crippen molar-refractivity contribution in [1.29, 1.82) is 0 Å². The van der Waals surface area contributed by atoms with Gasteiger partial charge < -0.3 is 9.47 Å². The number of carbonyl (C=O) groups is 1. The molecule has 0 aliphatic heterocycles. The fourth-order valence-electron chi connectivity index (χ4n) is 2.21. The van der Waals surface area contributed by atoms with Gasteiger partial charge in [0.1, 0.15) is 0 Å². The lowest BCUT2D eigenvalue weighted by atomic mass is 9.83. The van der Waals surface area contributed by atoms with Gasteiger partial charge in [-0.1, -0.05) is 20.1 Å². The molecule has 18 heavy (non-hydrogen) atoms. The van der Waals surface area contributed by atoms with E-state index in [-0.39, 0.29) is 5.97 Å². The molecule has 0 unspecified atom stereocenters. The monoisotopic (exact) mass is 252 g/mol. The van der Waals surface area contributed by atoms with Gasteiger partial charge in [0.2, 0.25) is 0 Å². The van der Waals surface area contributed by atoms with Gasteiger partial charge in [0, 0.05) is 5.57 Å². The second kappa shape index (κ2) is 7.96. The molecule has 0 spiro atoms. The molecular weight excluding hydrogens is 228 g/mol. The summed E-state index contributed by atoms with van der Waals surface area (Å²) in [5.41, 5.74) is 0.558. The van der Waals surface area contributed by atoms with Gasteiger partial charge in [-0.05, 0) is 43.9 Å². The molecule has 0 N–H and O–H groups in total. The largest absolute Gasteiger partial charge is 0.502 e. The van der Waals surface area contributed by atoms with E-state index in [0.29, 0.717) is 30.4 Å². The van der Waals surface area contributed by atoms with E-state index in [1.807, 2.05) is 6.92 Å². The first-order valence-corrected chi connectivity index (χ1v) is 6.74. The van der Waals surface area contributed by atoms with Crippen LogP contribution >= 0.6 is 0 Å². The maximum absolute atomic E-state index is 11.5. The van der Waals surface area contributed by atoms with Crippen molar-refractivity contribution in [3.05, 3.63) is 25.0 Å². The highest BCUT2D eigenvalue weighted by atomic mass is 16.5. The zero-order valence-electron chi connectivity index (χ0n) is 11.3. The number of rotatable bonds is 7. The predicted octanol–water partition coefficient (Wildman–Crippen LogP) is 3.46. The molecule has 1 aliphatic rings. The fourth-order valence-corrected chi connectivity index (χ4v) is 2.21. The van der Waals surface area contributed by atoms with Crippen molar-refractivity contribution in [1.82, 2.24) is 0 Å². The highest BCUT2D eigenvalue weighted by molar-refractivity contribution is 5.87. The maximum atomic E-state index is 11.5. The minimum atomic E-state index is -0.241. The summed E-state index contributed by atoms with van der Waals surface area (Å²) in [6.07, 6.45) is 6.67. The van der Waals surface area contributed by atoms with Crippen molar-refractivity contribution in [3.63, 3.8) is 0 Å². The SMILES string of the molecule is C=COCC1CCC(COC(=O)C(=C)CC)CC1. The second-order valence-electron chi connectivity index (χ2n) is 4.94. The number of esters is 1. The van der Waals surface area contributed by atoms with Crippen LogP contribution in [0.4, 0.5) is 0 Å². The average molecular weight is 252 g/mol. The second-order valence-corrected chi connectivity index (χ2v) is 4.94. The molecule has 0 atom stereocenters. The van der Waals surface area contributed by atoms with Gasteiger partial charge in [-0.15, -0.1) is 0 Å². The van der Waals surface area contributed by atoms with Crippen LogP contribution in [0.3, 0.4) is 0 Å². The minimum Gasteiger partial charge on any atom is -0.502 e. The van der Waals surface area contributed by atoms with E-state index in [0.717, 1.165) is 32.3 Å². The Morgan fingerprint density at radius 2 is 1.78 bits per heavy atom. The van der Waals surface area contributed by atoms with Crippen LogP contribution in [0.1, 0.15) is 39.0 Å². The van der Waals surface area contributed by atoms with E-state index in [1.54, 1.807) is 0 Å². The zero-order valence-corrected chi connectivity index (χ0v) is 11.3. The van der Waals surface area contributed by atoms with Crippen molar-refractivity contribution < 1.29 is 14.3 Å². The summed E-state index contributed by atoms with van der Waals surface area (Å²) in [5, 5.41) is 0. The number of hydrogen-bond acceptors (Lipinski definition) is 3. The van der Waals surface area contributed by atoms with Crippen LogP contribution in [0.25, 0.3) is 0 Å². The van der Waals surface area contributed by atoms with E-state index in [2.05, 4.69) is 13.2 Å². The first kappa shape index (κ1) is 14.8. The predicted molar refractivity (Wildman–Crippen MR) is 72.0 cm³/mol. The average Bonchev–Trinajstić information content (AvgIpc) is 2.42. The standard InChI is InChI=1S/C15H24O3/c1-4-12(3)15(16)18-11-14-8-6-13(7-9-14)10-17-5-2/h5,13-14H,2-4,6-11H2,1H3. The molecular formula is C15H24O3. The summed E-state index contributed by atoms with van der Waals surface area (Å²) < 4.78 is 10.5. The molecule has 1 fully saturated rings. The molecule has 0 bridgehead atoms. The van der Waals surface area contributed by atoms with E-state index in [9.17, 15) is 4.79 Å². The van der Waals surface area contributed by atoms with Gasteiger partial charge >= 0.3 is 5.97 Å². The van der Waals surface area contributed by atoms with Gasteiger partial charge in [0.05, 0.1) is 19.5 Å². The van der Waals surface area contributed by atoms with Crippen molar-refractivity contribution in [2.45, 2.75) is 39.0 Å². The summed E-state index contributed by atoms with van der Waals surface area (Å²) in [5.74, 6) is 0.883. The minimum absolute atomic E-state index is 0.241. The van der Waals surface area contributed by atoms with Crippen molar-refractivity contribution >= 4 is 5.97 Å². The van der Waals surface area contributed by atoms with Crippen molar-refractivity contribution in [3.8, 4) is 0 Å². The summed E-state index contributed by atoms with van der Waals surface area (Å²) >= 11 is 0. The topological polar surface area (TPSA) is 35.5 Å². The first-order valence-electron chi connectivity index (χ1n) is 6.74. The van der Waals surface area contributed by atoms with Crippen LogP contribution in [0.15, 0.2) is 25.0 Å². The molecule has 0 amide bonds. The normalized spacial score (nSPS) is 23.2. The Morgan fingerprint density at radius 1 is 1.22 bits per heavy atom. The highest BCUT2D eigenvalue weighted by Crippen LogP contribution is 2.29. The molecule has 1 rings (SSSR count). The molecule has 3 heteroatoms. The lowest BCUT2D eigenvalue weighted by Gasteiger charge is -2.27. The summed E-state index contributed by atoms with van der Waals surface area (Å²) in [6.45, 7) is 10.4. The Balaban J connectivity index is 2.17. The van der Waals surface area contributed by atoms with Crippen LogP contribution in [0.5, 0.6) is 0 Å². The summed E-state index contributed by atoms with van der Waals surface area (Å²) in [4.78, 5) is 11.5. The smallest absolute Gasteiger partial charge is 0.333 e. The summed E-state index contributed by atoms with van der Waals surface area (Å²) in [7, 11) is 0. The third kappa shape index (κ3) is 4.94. The van der Waals surface area contributed by atoms with Gasteiger partial charge in [0.25, 0.3) is 0 Å². The van der Waals surface area contributed by atoms with E-state index >= 15 is 0 Å². The Hall–Kier alpha value is -1.25. The van der Waals surface area contributed by atoms with E-state index in [1.165, 1.54) is 6.26 Å². The van der Waals surface area contributed by atoms with Crippen LogP contribution in [-0.4, -0.2) is 19.2 Å². The number of ether oxygens (including phenoxy) is 2. The Bertz CT molecular complexity index is 288. The molecule has 1 aliphatic carbocycles. The quantitative estimate of drug-likeness (QED) is 0.395. The molecule has 0 radical (unpaired) electrons. The summed E-state index contributed by atoms with van der Waals surface area (Å²) in [6, 6.07) is 0. The molecule has 102 valence electrons. The Kier molecular flexibility index (Phi) is 6.55. The molecule has 3 nitrogen and oxygen atoms in total. The van der Waals surface area contributed by atoms with Gasteiger partial charge in [-0.25, -0.2) is 4.79 Å². The molecule has 1 saturated carbocycles. The lowest BCUT2D eigenvalue weighted by Crippen LogP contribution is -2.22.